The van der Waals surface area contributed by atoms with Crippen LogP contribution in [0.15, 0.2) is 0 Å². The molecule has 0 spiro atoms. The summed E-state index contributed by atoms with van der Waals surface area (Å²) in [5.41, 5.74) is 0. The highest BCUT2D eigenvalue weighted by Gasteiger charge is 1.88. The Balaban J connectivity index is 2.69. The fourth-order valence-corrected chi connectivity index (χ4v) is 0.831. The quantitative estimate of drug-likeness (QED) is 0.505. The monoisotopic (exact) mass is 159 g/mol. The first-order chi connectivity index (χ1) is 5.41. The van der Waals surface area contributed by atoms with Crippen molar-refractivity contribution in [3.63, 3.8) is 0 Å². The Morgan fingerprint density at radius 2 is 1.73 bits per heavy atom. The van der Waals surface area contributed by atoms with Crippen LogP contribution in [0.4, 0.5) is 0 Å². The van der Waals surface area contributed by atoms with Crippen LogP contribution >= 0.6 is 0 Å². The van der Waals surface area contributed by atoms with Crippen molar-refractivity contribution in [2.75, 3.05) is 26.9 Å². The summed E-state index contributed by atoms with van der Waals surface area (Å²) in [4.78, 5) is 0. The summed E-state index contributed by atoms with van der Waals surface area (Å²) in [6, 6.07) is 0. The minimum Gasteiger partial charge on any atom is -0.385 e. The summed E-state index contributed by atoms with van der Waals surface area (Å²) in [6.45, 7) is 6.23. The second kappa shape index (κ2) is 9.92. The third-order valence-electron chi connectivity index (χ3n) is 1.43. The summed E-state index contributed by atoms with van der Waals surface area (Å²) >= 11 is 0. The van der Waals surface area contributed by atoms with Crippen molar-refractivity contribution in [1.82, 2.24) is 0 Å². The molecule has 0 saturated carbocycles. The van der Waals surface area contributed by atoms with Crippen molar-refractivity contribution in [2.45, 2.75) is 25.7 Å². The molecule has 0 aliphatic rings. The molecule has 0 N–H and O–H groups in total. The number of ether oxygens (including phenoxy) is 2. The van der Waals surface area contributed by atoms with E-state index >= 15 is 0 Å². The predicted octanol–water partition coefficient (Wildman–Crippen LogP) is 2.04. The van der Waals surface area contributed by atoms with Gasteiger partial charge in [-0.15, -0.1) is 0 Å². The van der Waals surface area contributed by atoms with Crippen LogP contribution in [0.1, 0.15) is 25.7 Å². The van der Waals surface area contributed by atoms with Gasteiger partial charge < -0.3 is 9.47 Å². The standard InChI is InChI=1S/C9H19O2/c1-3-7-11-9-6-4-5-8-10-2/h1,3-9H2,2H3. The second-order valence-corrected chi connectivity index (χ2v) is 2.52. The van der Waals surface area contributed by atoms with E-state index in [-0.39, 0.29) is 0 Å². The summed E-state index contributed by atoms with van der Waals surface area (Å²) in [5, 5.41) is 0. The van der Waals surface area contributed by atoms with E-state index in [4.69, 9.17) is 9.47 Å². The molecule has 0 amide bonds. The maximum atomic E-state index is 5.26. The third kappa shape index (κ3) is 9.92. The topological polar surface area (TPSA) is 18.5 Å². The Labute approximate surface area is 69.9 Å². The fraction of sp³-hybridized carbons (Fsp3) is 0.889. The van der Waals surface area contributed by atoms with Gasteiger partial charge in [0.25, 0.3) is 0 Å². The van der Waals surface area contributed by atoms with E-state index in [0.717, 1.165) is 39.1 Å². The predicted molar refractivity (Wildman–Crippen MR) is 46.5 cm³/mol. The third-order valence-corrected chi connectivity index (χ3v) is 1.43. The van der Waals surface area contributed by atoms with Crippen LogP contribution in [-0.2, 0) is 9.47 Å². The lowest BCUT2D eigenvalue weighted by atomic mass is 10.2. The first-order valence-electron chi connectivity index (χ1n) is 4.27. The van der Waals surface area contributed by atoms with E-state index in [2.05, 4.69) is 6.92 Å². The van der Waals surface area contributed by atoms with Gasteiger partial charge in [0.15, 0.2) is 0 Å². The maximum Gasteiger partial charge on any atom is 0.0466 e. The van der Waals surface area contributed by atoms with Gasteiger partial charge in [0.1, 0.15) is 0 Å². The Morgan fingerprint density at radius 1 is 1.00 bits per heavy atom. The van der Waals surface area contributed by atoms with Crippen molar-refractivity contribution in [3.8, 4) is 0 Å². The summed E-state index contributed by atoms with van der Waals surface area (Å²) in [5.74, 6) is 0. The smallest absolute Gasteiger partial charge is 0.0466 e. The molecule has 0 aromatic heterocycles. The molecular formula is C9H19O2. The molecule has 0 unspecified atom stereocenters. The van der Waals surface area contributed by atoms with E-state index < -0.39 is 0 Å². The van der Waals surface area contributed by atoms with Crippen LogP contribution < -0.4 is 0 Å². The van der Waals surface area contributed by atoms with Gasteiger partial charge in [-0.1, -0.05) is 6.92 Å². The van der Waals surface area contributed by atoms with Crippen molar-refractivity contribution in [3.05, 3.63) is 6.92 Å². The Kier molecular flexibility index (Phi) is 9.85. The van der Waals surface area contributed by atoms with E-state index in [9.17, 15) is 0 Å². The zero-order valence-electron chi connectivity index (χ0n) is 7.47. The average molecular weight is 159 g/mol. The SMILES string of the molecule is [CH2]CCOCCCCCOC. The van der Waals surface area contributed by atoms with Gasteiger partial charge in [-0.2, -0.15) is 0 Å². The highest BCUT2D eigenvalue weighted by molar-refractivity contribution is 4.41. The van der Waals surface area contributed by atoms with Crippen LogP contribution in [0.5, 0.6) is 0 Å². The van der Waals surface area contributed by atoms with Crippen molar-refractivity contribution >= 4 is 0 Å². The van der Waals surface area contributed by atoms with Crippen LogP contribution in [0.25, 0.3) is 0 Å². The molecule has 11 heavy (non-hydrogen) atoms. The molecule has 1 radical (unpaired) electrons. The molecule has 0 aliphatic heterocycles. The van der Waals surface area contributed by atoms with E-state index in [1.54, 1.807) is 7.11 Å². The number of unbranched alkanes of at least 4 members (excludes halogenated alkanes) is 2. The molecule has 2 nitrogen and oxygen atoms in total. The first kappa shape index (κ1) is 10.9. The Hall–Kier alpha value is -0.0800. The summed E-state index contributed by atoms with van der Waals surface area (Å²) in [6.07, 6.45) is 4.36. The Morgan fingerprint density at radius 3 is 2.36 bits per heavy atom. The lowest BCUT2D eigenvalue weighted by molar-refractivity contribution is 0.130. The minimum atomic E-state index is 0.796. The molecule has 0 aromatic carbocycles. The molecule has 67 valence electrons. The molecule has 0 aromatic rings. The van der Waals surface area contributed by atoms with Gasteiger partial charge in [0.05, 0.1) is 0 Å². The zero-order valence-corrected chi connectivity index (χ0v) is 7.47. The van der Waals surface area contributed by atoms with Crippen LogP contribution in [-0.4, -0.2) is 26.9 Å². The van der Waals surface area contributed by atoms with Gasteiger partial charge in [-0.3, -0.25) is 0 Å². The number of hydrogen-bond acceptors (Lipinski definition) is 2. The molecule has 0 atom stereocenters. The molecule has 0 bridgehead atoms. The number of rotatable bonds is 8. The number of hydrogen-bond donors (Lipinski definition) is 0. The normalized spacial score (nSPS) is 10.4. The first-order valence-corrected chi connectivity index (χ1v) is 4.27. The van der Waals surface area contributed by atoms with Crippen LogP contribution in [0.3, 0.4) is 0 Å². The van der Waals surface area contributed by atoms with Crippen LogP contribution in [0, 0.1) is 6.92 Å². The molecule has 0 heterocycles. The summed E-state index contributed by atoms with van der Waals surface area (Å²) < 4.78 is 10.2. The van der Waals surface area contributed by atoms with Crippen molar-refractivity contribution < 1.29 is 9.47 Å². The fourth-order valence-electron chi connectivity index (χ4n) is 0.831. The van der Waals surface area contributed by atoms with Crippen LogP contribution in [0.2, 0.25) is 0 Å². The molecule has 2 heteroatoms. The van der Waals surface area contributed by atoms with Gasteiger partial charge in [0, 0.05) is 26.9 Å². The van der Waals surface area contributed by atoms with Crippen molar-refractivity contribution in [1.29, 1.82) is 0 Å². The molecule has 0 saturated heterocycles. The van der Waals surface area contributed by atoms with Gasteiger partial charge in [-0.25, -0.2) is 0 Å². The van der Waals surface area contributed by atoms with Gasteiger partial charge in [0.2, 0.25) is 0 Å². The average Bonchev–Trinajstić information content (AvgIpc) is 2.03. The summed E-state index contributed by atoms with van der Waals surface area (Å²) in [7, 11) is 1.74. The molecule has 0 aliphatic carbocycles. The molecule has 0 rings (SSSR count). The highest BCUT2D eigenvalue weighted by atomic mass is 16.5. The van der Waals surface area contributed by atoms with Gasteiger partial charge in [-0.05, 0) is 25.7 Å². The lowest BCUT2D eigenvalue weighted by Crippen LogP contribution is -1.96. The molecule has 0 fully saturated rings. The largest absolute Gasteiger partial charge is 0.385 e. The highest BCUT2D eigenvalue weighted by Crippen LogP contribution is 1.95. The maximum absolute atomic E-state index is 5.26. The van der Waals surface area contributed by atoms with Gasteiger partial charge >= 0.3 is 0 Å². The van der Waals surface area contributed by atoms with Crippen molar-refractivity contribution in [2.24, 2.45) is 0 Å². The molecular weight excluding hydrogens is 140 g/mol. The van der Waals surface area contributed by atoms with E-state index in [1.165, 1.54) is 6.42 Å². The zero-order chi connectivity index (χ0) is 8.36. The van der Waals surface area contributed by atoms with E-state index in [1.807, 2.05) is 0 Å². The lowest BCUT2D eigenvalue weighted by Gasteiger charge is -2.01. The second-order valence-electron chi connectivity index (χ2n) is 2.52. The minimum absolute atomic E-state index is 0.796. The van der Waals surface area contributed by atoms with E-state index in [0.29, 0.717) is 0 Å². The number of methoxy groups -OCH3 is 1. The Bertz CT molecular complexity index is 56.6.